The van der Waals surface area contributed by atoms with Gasteiger partial charge in [-0.05, 0) is 12.8 Å². The maximum Gasteiger partial charge on any atom is 0.263 e. The van der Waals surface area contributed by atoms with E-state index in [0.717, 1.165) is 19.3 Å². The smallest absolute Gasteiger partial charge is 0.263 e. The first-order chi connectivity index (χ1) is 7.19. The number of hydrogen-bond donors (Lipinski definition) is 1. The maximum absolute atomic E-state index is 11.9. The first-order valence-electron chi connectivity index (χ1n) is 5.18. The Morgan fingerprint density at radius 1 is 1.27 bits per heavy atom. The number of amides is 2. The van der Waals surface area contributed by atoms with Crippen LogP contribution in [-0.2, 0) is 9.59 Å². The molecule has 1 spiro atoms. The molecule has 0 radical (unpaired) electrons. The van der Waals surface area contributed by atoms with E-state index < -0.39 is 5.41 Å². The second kappa shape index (κ2) is 3.93. The molecule has 0 aromatic heterocycles. The Balaban J connectivity index is 2.29. The van der Waals surface area contributed by atoms with Crippen LogP contribution in [0.1, 0.15) is 32.1 Å². The molecule has 1 N–H and O–H groups in total. The zero-order chi connectivity index (χ0) is 10.9. The van der Waals surface area contributed by atoms with E-state index in [1.165, 1.54) is 0 Å². The van der Waals surface area contributed by atoms with Crippen LogP contribution in [0.25, 0.3) is 0 Å². The van der Waals surface area contributed by atoms with Crippen LogP contribution in [0, 0.1) is 5.41 Å². The number of hydrogen-bond acceptors (Lipinski definition) is 2. The molecule has 1 saturated carbocycles. The summed E-state index contributed by atoms with van der Waals surface area (Å²) in [5, 5.41) is 2.62. The molecular weight excluding hydrogens is 216 g/mol. The highest BCUT2D eigenvalue weighted by molar-refractivity contribution is 6.32. The van der Waals surface area contributed by atoms with Gasteiger partial charge in [-0.25, -0.2) is 0 Å². The van der Waals surface area contributed by atoms with Gasteiger partial charge in [0.15, 0.2) is 0 Å². The second-order valence-corrected chi connectivity index (χ2v) is 4.36. The zero-order valence-electron chi connectivity index (χ0n) is 8.38. The minimum atomic E-state index is -0.881. The van der Waals surface area contributed by atoms with E-state index in [0.29, 0.717) is 12.8 Å². The number of aliphatic imine (C=N–C) groups is 1. The average Bonchev–Trinajstić information content (AvgIpc) is 2.27. The van der Waals surface area contributed by atoms with Crippen LogP contribution >= 0.6 is 11.6 Å². The summed E-state index contributed by atoms with van der Waals surface area (Å²) in [6.07, 6.45) is 4.18. The Kier molecular flexibility index (Phi) is 2.78. The lowest BCUT2D eigenvalue weighted by atomic mass is 9.72. The Morgan fingerprint density at radius 3 is 2.47 bits per heavy atom. The van der Waals surface area contributed by atoms with Crippen LogP contribution in [0.4, 0.5) is 0 Å². The molecule has 2 rings (SSSR count). The lowest BCUT2D eigenvalue weighted by Gasteiger charge is -2.35. The quantitative estimate of drug-likeness (QED) is 0.542. The molecular formula is C10H13ClN2O2. The number of carbonyl (C=O) groups is 2. The van der Waals surface area contributed by atoms with Crippen molar-refractivity contribution in [1.29, 1.82) is 0 Å². The number of amidine groups is 1. The van der Waals surface area contributed by atoms with E-state index in [9.17, 15) is 9.59 Å². The predicted octanol–water partition coefficient (Wildman–Crippen LogP) is 1.23. The summed E-state index contributed by atoms with van der Waals surface area (Å²) in [5.41, 5.74) is -0.881. The van der Waals surface area contributed by atoms with Gasteiger partial charge in [-0.3, -0.25) is 9.59 Å². The molecule has 1 aliphatic heterocycles. The van der Waals surface area contributed by atoms with E-state index in [2.05, 4.69) is 10.3 Å². The third kappa shape index (κ3) is 1.67. The Bertz CT molecular complexity index is 332. The molecule has 2 aliphatic rings. The summed E-state index contributed by atoms with van der Waals surface area (Å²) in [7, 11) is 0. The third-order valence-corrected chi connectivity index (χ3v) is 3.43. The summed E-state index contributed by atoms with van der Waals surface area (Å²) >= 11 is 5.54. The fourth-order valence-electron chi connectivity index (χ4n) is 2.26. The SMILES string of the molecule is O=C1N=C(CCl)NC(=O)C12CCCCC2. The monoisotopic (exact) mass is 228 g/mol. The molecule has 0 aromatic rings. The highest BCUT2D eigenvalue weighted by Gasteiger charge is 2.48. The lowest BCUT2D eigenvalue weighted by molar-refractivity contribution is -0.144. The summed E-state index contributed by atoms with van der Waals surface area (Å²) in [5.74, 6) is -0.157. The molecule has 0 unspecified atom stereocenters. The van der Waals surface area contributed by atoms with Crippen molar-refractivity contribution in [2.75, 3.05) is 5.88 Å². The van der Waals surface area contributed by atoms with Crippen LogP contribution in [0.15, 0.2) is 4.99 Å². The maximum atomic E-state index is 11.9. The number of rotatable bonds is 1. The van der Waals surface area contributed by atoms with Crippen molar-refractivity contribution in [2.45, 2.75) is 32.1 Å². The molecule has 1 aliphatic carbocycles. The number of halogens is 1. The van der Waals surface area contributed by atoms with Crippen LogP contribution in [0.2, 0.25) is 0 Å². The largest absolute Gasteiger partial charge is 0.312 e. The number of nitrogens with zero attached hydrogens (tertiary/aromatic N) is 1. The van der Waals surface area contributed by atoms with Crippen LogP contribution < -0.4 is 5.32 Å². The topological polar surface area (TPSA) is 58.5 Å². The lowest BCUT2D eigenvalue weighted by Crippen LogP contribution is -2.53. The molecule has 2 amide bonds. The molecule has 0 saturated heterocycles. The normalized spacial score (nSPS) is 25.0. The second-order valence-electron chi connectivity index (χ2n) is 4.09. The predicted molar refractivity (Wildman–Crippen MR) is 56.8 cm³/mol. The third-order valence-electron chi connectivity index (χ3n) is 3.17. The van der Waals surface area contributed by atoms with Gasteiger partial charge in [0, 0.05) is 0 Å². The molecule has 82 valence electrons. The van der Waals surface area contributed by atoms with Crippen LogP contribution in [0.3, 0.4) is 0 Å². The molecule has 1 heterocycles. The Hall–Kier alpha value is -0.900. The minimum Gasteiger partial charge on any atom is -0.312 e. The molecule has 0 aromatic carbocycles. The van der Waals surface area contributed by atoms with Gasteiger partial charge in [0.1, 0.15) is 11.3 Å². The number of nitrogens with one attached hydrogen (secondary N) is 1. The van der Waals surface area contributed by atoms with Gasteiger partial charge < -0.3 is 5.32 Å². The average molecular weight is 229 g/mol. The van der Waals surface area contributed by atoms with Gasteiger partial charge in [0.2, 0.25) is 5.91 Å². The van der Waals surface area contributed by atoms with Gasteiger partial charge in [-0.2, -0.15) is 4.99 Å². The first-order valence-corrected chi connectivity index (χ1v) is 5.72. The summed E-state index contributed by atoms with van der Waals surface area (Å²) in [6, 6.07) is 0. The molecule has 1 fully saturated rings. The van der Waals surface area contributed by atoms with Crippen molar-refractivity contribution in [3.8, 4) is 0 Å². The van der Waals surface area contributed by atoms with E-state index in [4.69, 9.17) is 11.6 Å². The number of carbonyl (C=O) groups excluding carboxylic acids is 2. The highest BCUT2D eigenvalue weighted by atomic mass is 35.5. The Morgan fingerprint density at radius 2 is 1.93 bits per heavy atom. The van der Waals surface area contributed by atoms with Crippen molar-refractivity contribution in [3.05, 3.63) is 0 Å². The fourth-order valence-corrected chi connectivity index (χ4v) is 2.39. The molecule has 15 heavy (non-hydrogen) atoms. The summed E-state index contributed by atoms with van der Waals surface area (Å²) in [6.45, 7) is 0. The standard InChI is InChI=1S/C10H13ClN2O2/c11-6-7-12-8(14)10(9(15)13-7)4-2-1-3-5-10/h1-6H2,(H,12,13,14,15). The highest BCUT2D eigenvalue weighted by Crippen LogP contribution is 2.39. The van der Waals surface area contributed by atoms with Crippen molar-refractivity contribution in [2.24, 2.45) is 10.4 Å². The van der Waals surface area contributed by atoms with Crippen LogP contribution in [-0.4, -0.2) is 23.5 Å². The minimum absolute atomic E-state index is 0.0769. The van der Waals surface area contributed by atoms with Gasteiger partial charge in [-0.1, -0.05) is 19.3 Å². The van der Waals surface area contributed by atoms with E-state index in [-0.39, 0.29) is 23.5 Å². The molecule has 5 heteroatoms. The van der Waals surface area contributed by atoms with Gasteiger partial charge in [0.25, 0.3) is 5.91 Å². The number of alkyl halides is 1. The van der Waals surface area contributed by atoms with E-state index >= 15 is 0 Å². The van der Waals surface area contributed by atoms with Crippen molar-refractivity contribution in [3.63, 3.8) is 0 Å². The van der Waals surface area contributed by atoms with Gasteiger partial charge in [0.05, 0.1) is 5.88 Å². The molecule has 4 nitrogen and oxygen atoms in total. The molecule has 0 bridgehead atoms. The van der Waals surface area contributed by atoms with Crippen molar-refractivity contribution >= 4 is 29.3 Å². The van der Waals surface area contributed by atoms with E-state index in [1.54, 1.807) is 0 Å². The van der Waals surface area contributed by atoms with Crippen LogP contribution in [0.5, 0.6) is 0 Å². The summed E-state index contributed by atoms with van der Waals surface area (Å²) in [4.78, 5) is 27.6. The van der Waals surface area contributed by atoms with Crippen molar-refractivity contribution in [1.82, 2.24) is 5.32 Å². The fraction of sp³-hybridized carbons (Fsp3) is 0.700. The van der Waals surface area contributed by atoms with Gasteiger partial charge >= 0.3 is 0 Å². The summed E-state index contributed by atoms with van der Waals surface area (Å²) < 4.78 is 0. The Labute approximate surface area is 93.1 Å². The van der Waals surface area contributed by atoms with E-state index in [1.807, 2.05) is 0 Å². The van der Waals surface area contributed by atoms with Crippen molar-refractivity contribution < 1.29 is 9.59 Å². The molecule has 0 atom stereocenters. The van der Waals surface area contributed by atoms with Gasteiger partial charge in [-0.15, -0.1) is 11.6 Å². The first kappa shape index (κ1) is 10.6. The zero-order valence-corrected chi connectivity index (χ0v) is 9.14.